The van der Waals surface area contributed by atoms with Crippen LogP contribution in [0, 0.1) is 0 Å². The molecule has 1 aromatic rings. The summed E-state index contributed by atoms with van der Waals surface area (Å²) in [6.45, 7) is 7.74. The molecule has 0 aliphatic carbocycles. The van der Waals surface area contributed by atoms with Crippen molar-refractivity contribution >= 4 is 23.4 Å². The normalized spacial score (nSPS) is 17.0. The molecule has 1 heterocycles. The molecule has 0 radical (unpaired) electrons. The van der Waals surface area contributed by atoms with Crippen molar-refractivity contribution in [2.75, 3.05) is 25.6 Å². The van der Waals surface area contributed by atoms with Crippen molar-refractivity contribution in [2.45, 2.75) is 4.90 Å². The molecule has 1 aromatic carbocycles. The lowest BCUT2D eigenvalue weighted by Gasteiger charge is -2.34. The van der Waals surface area contributed by atoms with Gasteiger partial charge in [-0.3, -0.25) is 9.63 Å². The van der Waals surface area contributed by atoms with Gasteiger partial charge in [-0.05, 0) is 24.3 Å². The van der Waals surface area contributed by atoms with E-state index in [0.29, 0.717) is 0 Å². The predicted molar refractivity (Wildman–Crippen MR) is 96.0 cm³/mol. The van der Waals surface area contributed by atoms with E-state index in [0.717, 1.165) is 21.2 Å². The molecule has 0 N–H and O–H groups in total. The Hall–Kier alpha value is -2.24. The van der Waals surface area contributed by atoms with Crippen LogP contribution in [-0.4, -0.2) is 31.7 Å². The van der Waals surface area contributed by atoms with E-state index < -0.39 is 0 Å². The largest absolute Gasteiger partial charge is 0.330 e. The van der Waals surface area contributed by atoms with Crippen molar-refractivity contribution in [3.63, 3.8) is 0 Å². The van der Waals surface area contributed by atoms with Crippen LogP contribution in [0.3, 0.4) is 0 Å². The van der Waals surface area contributed by atoms with Crippen LogP contribution in [0.2, 0.25) is 0 Å². The van der Waals surface area contributed by atoms with E-state index in [-0.39, 0.29) is 12.5 Å². The summed E-state index contributed by atoms with van der Waals surface area (Å²) in [5.41, 5.74) is 1.91. The Labute approximate surface area is 141 Å². The minimum atomic E-state index is -0.137. The number of rotatable bonds is 5. The molecule has 23 heavy (non-hydrogen) atoms. The van der Waals surface area contributed by atoms with Crippen molar-refractivity contribution < 1.29 is 9.63 Å². The van der Waals surface area contributed by atoms with Crippen LogP contribution in [0.15, 0.2) is 77.2 Å². The Balaban J connectivity index is 2.50. The van der Waals surface area contributed by atoms with E-state index in [1.165, 1.54) is 12.2 Å². The summed E-state index contributed by atoms with van der Waals surface area (Å²) < 4.78 is 0. The number of hydrogen-bond donors (Lipinski definition) is 0. The first-order chi connectivity index (χ1) is 11.1. The fraction of sp³-hybridized carbons (Fsp3) is 0.167. The molecule has 120 valence electrons. The number of fused-ring (bicyclic) bond motifs is 1. The highest BCUT2D eigenvalue weighted by molar-refractivity contribution is 8.03. The van der Waals surface area contributed by atoms with Gasteiger partial charge in [-0.15, -0.1) is 0 Å². The second-order valence-corrected chi connectivity index (χ2v) is 5.87. The topological polar surface area (TPSA) is 32.8 Å². The molecule has 1 aliphatic rings. The van der Waals surface area contributed by atoms with Crippen LogP contribution in [-0.2, 0) is 9.63 Å². The average Bonchev–Trinajstić information content (AvgIpc) is 2.57. The number of hydrogen-bond acceptors (Lipinski definition) is 4. The first kappa shape index (κ1) is 17.1. The van der Waals surface area contributed by atoms with E-state index in [4.69, 9.17) is 4.84 Å². The first-order valence-electron chi connectivity index (χ1n) is 7.13. The number of carbonyl (C=O) groups excluding carboxylic acids is 1. The number of carbonyl (C=O) groups is 1. The van der Waals surface area contributed by atoms with Gasteiger partial charge in [-0.2, -0.15) is 0 Å². The standard InChI is InChI=1S/C18H20N2O2S/c1-5-9-14-16(10-6-2)23-17-12-8-7-11-15(17)20(14)13-18(21)19(3)22-4/h5-12H,1-2,13H2,3-4H3/b14-9+,16-10+. The van der Waals surface area contributed by atoms with E-state index in [1.54, 1.807) is 31.0 Å². The summed E-state index contributed by atoms with van der Waals surface area (Å²) in [7, 11) is 3.08. The lowest BCUT2D eigenvalue weighted by molar-refractivity contribution is -0.166. The molecule has 0 bridgehead atoms. The maximum Gasteiger partial charge on any atom is 0.265 e. The zero-order valence-corrected chi connectivity index (χ0v) is 14.2. The summed E-state index contributed by atoms with van der Waals surface area (Å²) in [4.78, 5) is 21.4. The molecule has 0 saturated heterocycles. The number of benzene rings is 1. The third kappa shape index (κ3) is 3.75. The molecule has 0 unspecified atom stereocenters. The Bertz CT molecular complexity index is 679. The molecule has 0 atom stereocenters. The van der Waals surface area contributed by atoms with Gasteiger partial charge in [0, 0.05) is 16.8 Å². The second-order valence-electron chi connectivity index (χ2n) is 4.78. The molecule has 0 fully saturated rings. The van der Waals surface area contributed by atoms with Gasteiger partial charge in [0.25, 0.3) is 5.91 Å². The van der Waals surface area contributed by atoms with Crippen molar-refractivity contribution in [1.29, 1.82) is 0 Å². The highest BCUT2D eigenvalue weighted by Gasteiger charge is 2.27. The maximum absolute atomic E-state index is 12.3. The number of hydroxylamine groups is 2. The minimum absolute atomic E-state index is 0.137. The lowest BCUT2D eigenvalue weighted by atomic mass is 10.2. The summed E-state index contributed by atoms with van der Waals surface area (Å²) in [5, 5.41) is 1.23. The molecule has 1 amide bonds. The number of anilines is 1. The van der Waals surface area contributed by atoms with Crippen LogP contribution in [0.4, 0.5) is 5.69 Å². The van der Waals surface area contributed by atoms with Gasteiger partial charge in [0.15, 0.2) is 0 Å². The van der Waals surface area contributed by atoms with E-state index >= 15 is 0 Å². The molecule has 5 heteroatoms. The fourth-order valence-corrected chi connectivity index (χ4v) is 3.33. The van der Waals surface area contributed by atoms with Gasteiger partial charge in [0.2, 0.25) is 0 Å². The number of amides is 1. The van der Waals surface area contributed by atoms with Crippen molar-refractivity contribution in [2.24, 2.45) is 0 Å². The average molecular weight is 328 g/mol. The zero-order chi connectivity index (χ0) is 16.8. The van der Waals surface area contributed by atoms with Gasteiger partial charge in [-0.25, -0.2) is 5.06 Å². The highest BCUT2D eigenvalue weighted by Crippen LogP contribution is 2.45. The maximum atomic E-state index is 12.3. The highest BCUT2D eigenvalue weighted by atomic mass is 32.2. The number of para-hydroxylation sites is 1. The fourth-order valence-electron chi connectivity index (χ4n) is 2.22. The van der Waals surface area contributed by atoms with Crippen LogP contribution in [0.5, 0.6) is 0 Å². The van der Waals surface area contributed by atoms with Gasteiger partial charge >= 0.3 is 0 Å². The molecule has 4 nitrogen and oxygen atoms in total. The summed E-state index contributed by atoms with van der Waals surface area (Å²) in [5.74, 6) is -0.137. The van der Waals surface area contributed by atoms with Crippen LogP contribution in [0.1, 0.15) is 0 Å². The number of nitrogens with zero attached hydrogens (tertiary/aromatic N) is 2. The Morgan fingerprint density at radius 1 is 1.30 bits per heavy atom. The third-order valence-corrected chi connectivity index (χ3v) is 4.51. The molecule has 0 aromatic heterocycles. The summed E-state index contributed by atoms with van der Waals surface area (Å²) in [6, 6.07) is 7.99. The molecule has 1 aliphatic heterocycles. The molecular weight excluding hydrogens is 308 g/mol. The zero-order valence-electron chi connectivity index (χ0n) is 13.4. The first-order valence-corrected chi connectivity index (χ1v) is 7.95. The Kier molecular flexibility index (Phi) is 5.84. The smallest absolute Gasteiger partial charge is 0.265 e. The van der Waals surface area contributed by atoms with Crippen molar-refractivity contribution in [3.05, 3.63) is 72.3 Å². The molecule has 0 saturated carbocycles. The summed E-state index contributed by atoms with van der Waals surface area (Å²) in [6.07, 6.45) is 7.30. The third-order valence-electron chi connectivity index (χ3n) is 3.38. The van der Waals surface area contributed by atoms with E-state index in [9.17, 15) is 4.79 Å². The molecule has 2 rings (SSSR count). The van der Waals surface area contributed by atoms with Crippen LogP contribution >= 0.6 is 11.8 Å². The van der Waals surface area contributed by atoms with Gasteiger partial charge < -0.3 is 4.90 Å². The monoisotopic (exact) mass is 328 g/mol. The van der Waals surface area contributed by atoms with E-state index in [2.05, 4.69) is 13.2 Å². The number of likely N-dealkylation sites (N-methyl/N-ethyl adjacent to an activating group) is 1. The van der Waals surface area contributed by atoms with Gasteiger partial charge in [0.1, 0.15) is 6.54 Å². The second kappa shape index (κ2) is 7.85. The quantitative estimate of drug-likeness (QED) is 0.771. The van der Waals surface area contributed by atoms with Gasteiger partial charge in [0.05, 0.1) is 18.5 Å². The van der Waals surface area contributed by atoms with Crippen LogP contribution in [0.25, 0.3) is 0 Å². The Morgan fingerprint density at radius 3 is 2.65 bits per heavy atom. The van der Waals surface area contributed by atoms with Crippen molar-refractivity contribution in [1.82, 2.24) is 5.06 Å². The molecular formula is C18H20N2O2S. The SMILES string of the molecule is C=C/C=C1/Sc2ccccc2N(CC(=O)N(C)OC)/C1=C/C=C. The summed E-state index contributed by atoms with van der Waals surface area (Å²) >= 11 is 1.65. The van der Waals surface area contributed by atoms with Crippen molar-refractivity contribution in [3.8, 4) is 0 Å². The van der Waals surface area contributed by atoms with E-state index in [1.807, 2.05) is 41.3 Å². The number of thioether (sulfide) groups is 1. The Morgan fingerprint density at radius 2 is 2.00 bits per heavy atom. The predicted octanol–water partition coefficient (Wildman–Crippen LogP) is 3.76. The minimum Gasteiger partial charge on any atom is -0.330 e. The number of allylic oxidation sites excluding steroid dienone is 4. The van der Waals surface area contributed by atoms with Gasteiger partial charge in [-0.1, -0.05) is 49.2 Å². The lowest BCUT2D eigenvalue weighted by Crippen LogP contribution is -2.38. The van der Waals surface area contributed by atoms with Crippen LogP contribution < -0.4 is 4.90 Å². The molecule has 0 spiro atoms.